The minimum atomic E-state index is -1.08. The molecule has 0 radical (unpaired) electrons. The molecule has 4 rings (SSSR count). The average molecular weight is 404 g/mol. The van der Waals surface area contributed by atoms with E-state index in [1.165, 1.54) is 0 Å². The third-order valence-electron chi connectivity index (χ3n) is 4.65. The zero-order valence-electron chi connectivity index (χ0n) is 15.7. The van der Waals surface area contributed by atoms with Crippen molar-refractivity contribution in [1.29, 1.82) is 0 Å². The smallest absolute Gasteiger partial charge is 0.303 e. The fourth-order valence-electron chi connectivity index (χ4n) is 3.01. The van der Waals surface area contributed by atoms with Crippen LogP contribution in [0.2, 0.25) is 0 Å². The Bertz CT molecular complexity index is 909. The molecule has 29 heavy (non-hydrogen) atoms. The molecular formula is C18H24N6O5. The van der Waals surface area contributed by atoms with Crippen LogP contribution in [0.25, 0.3) is 11.2 Å². The molecule has 0 amide bonds. The monoisotopic (exact) mass is 404 g/mol. The van der Waals surface area contributed by atoms with Crippen molar-refractivity contribution in [2.75, 3.05) is 17.7 Å². The van der Waals surface area contributed by atoms with Crippen molar-refractivity contribution < 1.29 is 24.9 Å². The van der Waals surface area contributed by atoms with E-state index in [0.717, 1.165) is 36.2 Å². The van der Waals surface area contributed by atoms with Gasteiger partial charge in [-0.1, -0.05) is 12.2 Å². The van der Waals surface area contributed by atoms with E-state index in [0.29, 0.717) is 6.04 Å². The van der Waals surface area contributed by atoms with E-state index in [-0.39, 0.29) is 37.4 Å². The number of anilines is 2. The van der Waals surface area contributed by atoms with Crippen molar-refractivity contribution in [3.63, 3.8) is 0 Å². The van der Waals surface area contributed by atoms with Crippen molar-refractivity contribution in [3.05, 3.63) is 18.5 Å². The van der Waals surface area contributed by atoms with Crippen LogP contribution in [0, 0.1) is 5.92 Å². The van der Waals surface area contributed by atoms with Crippen LogP contribution >= 0.6 is 0 Å². The Morgan fingerprint density at radius 2 is 1.86 bits per heavy atom. The first-order valence-electron chi connectivity index (χ1n) is 9.36. The number of hydrogen-bond acceptors (Lipinski definition) is 8. The number of aromatic nitrogens is 4. The van der Waals surface area contributed by atoms with Gasteiger partial charge in [-0.05, 0) is 19.3 Å². The molecule has 6 N–H and O–H groups in total. The highest BCUT2D eigenvalue weighted by molar-refractivity contribution is 5.84. The van der Waals surface area contributed by atoms with Crippen LogP contribution < -0.4 is 11.1 Å². The minimum absolute atomic E-state index is 0.162. The van der Waals surface area contributed by atoms with Crippen molar-refractivity contribution >= 4 is 34.9 Å². The zero-order valence-corrected chi connectivity index (χ0v) is 15.7. The number of carbonyl (C=O) groups is 2. The molecule has 2 aromatic heterocycles. The van der Waals surface area contributed by atoms with E-state index < -0.39 is 11.9 Å². The van der Waals surface area contributed by atoms with Gasteiger partial charge in [0.25, 0.3) is 0 Å². The maximum atomic E-state index is 9.64. The van der Waals surface area contributed by atoms with E-state index in [2.05, 4.69) is 26.3 Å². The lowest BCUT2D eigenvalue weighted by atomic mass is 10.1. The first-order chi connectivity index (χ1) is 13.9. The number of rotatable bonds is 7. The van der Waals surface area contributed by atoms with Crippen LogP contribution in [0.15, 0.2) is 18.5 Å². The van der Waals surface area contributed by atoms with Gasteiger partial charge in [0.1, 0.15) is 0 Å². The Labute approximate surface area is 166 Å². The lowest BCUT2D eigenvalue weighted by molar-refractivity contribution is -0.143. The van der Waals surface area contributed by atoms with Crippen LogP contribution in [-0.4, -0.2) is 59.4 Å². The first kappa shape index (κ1) is 20.5. The summed E-state index contributed by atoms with van der Waals surface area (Å²) in [7, 11) is 0. The number of aliphatic hydroxyl groups excluding tert-OH is 1. The van der Waals surface area contributed by atoms with Crippen LogP contribution in [0.4, 0.5) is 11.8 Å². The Morgan fingerprint density at radius 1 is 1.17 bits per heavy atom. The Balaban J connectivity index is 0.000000258. The standard InChI is InChI=1S/C14H18N6O.C4H6O4/c15-14-18-12(17-9-2-3-9)11-13(19-14)20(7-16-11)10-4-1-8(5-10)6-21;5-3(6)1-2-4(7)8/h1,4,7-10,21H,2-3,5-6H2,(H3,15,17,18,19);1-2H2,(H,5,6)(H,7,8)/t8-,10?;/m0./s1. The van der Waals surface area contributed by atoms with E-state index in [1.54, 1.807) is 6.33 Å². The summed E-state index contributed by atoms with van der Waals surface area (Å²) in [6.45, 7) is 0.172. The van der Waals surface area contributed by atoms with Crippen molar-refractivity contribution in [2.45, 2.75) is 44.2 Å². The van der Waals surface area contributed by atoms with Crippen molar-refractivity contribution in [1.82, 2.24) is 19.5 Å². The lowest BCUT2D eigenvalue weighted by Gasteiger charge is -2.13. The number of fused-ring (bicyclic) bond motifs is 1. The predicted octanol–water partition coefficient (Wildman–Crippen LogP) is 1.03. The molecule has 0 aliphatic heterocycles. The van der Waals surface area contributed by atoms with Crippen LogP contribution in [0.5, 0.6) is 0 Å². The minimum Gasteiger partial charge on any atom is -0.481 e. The summed E-state index contributed by atoms with van der Waals surface area (Å²) in [4.78, 5) is 32.4. The Morgan fingerprint density at radius 3 is 2.41 bits per heavy atom. The van der Waals surface area contributed by atoms with E-state index in [9.17, 15) is 14.7 Å². The summed E-state index contributed by atoms with van der Waals surface area (Å²) < 4.78 is 2.01. The largest absolute Gasteiger partial charge is 0.481 e. The van der Waals surface area contributed by atoms with Gasteiger partial charge < -0.3 is 30.9 Å². The second-order valence-corrected chi connectivity index (χ2v) is 7.09. The maximum absolute atomic E-state index is 9.64. The predicted molar refractivity (Wildman–Crippen MR) is 104 cm³/mol. The third kappa shape index (κ3) is 5.41. The molecule has 1 saturated carbocycles. The van der Waals surface area contributed by atoms with Gasteiger partial charge in [-0.2, -0.15) is 9.97 Å². The number of aliphatic hydroxyl groups is 1. The summed E-state index contributed by atoms with van der Waals surface area (Å²) in [6, 6.07) is 0.646. The molecule has 2 aliphatic rings. The molecule has 2 heterocycles. The molecule has 2 aliphatic carbocycles. The van der Waals surface area contributed by atoms with Crippen molar-refractivity contribution in [2.24, 2.45) is 5.92 Å². The molecule has 11 nitrogen and oxygen atoms in total. The second kappa shape index (κ2) is 8.86. The number of nitrogens with one attached hydrogen (secondary N) is 1. The zero-order chi connectivity index (χ0) is 21.0. The molecule has 11 heteroatoms. The number of nitrogen functional groups attached to an aromatic ring is 1. The first-order valence-corrected chi connectivity index (χ1v) is 9.36. The number of nitrogens with zero attached hydrogens (tertiary/aromatic N) is 4. The molecule has 2 atom stereocenters. The molecule has 2 aromatic rings. The molecule has 0 aromatic carbocycles. The number of carboxylic acid groups (broad SMARTS) is 2. The highest BCUT2D eigenvalue weighted by Crippen LogP contribution is 2.32. The molecule has 0 spiro atoms. The van der Waals surface area contributed by atoms with Gasteiger partial charge in [0.05, 0.1) is 25.2 Å². The Hall–Kier alpha value is -3.21. The number of imidazole rings is 1. The third-order valence-corrected chi connectivity index (χ3v) is 4.65. The fourth-order valence-corrected chi connectivity index (χ4v) is 3.01. The summed E-state index contributed by atoms with van der Waals surface area (Å²) in [5.74, 6) is -0.969. The molecule has 1 fully saturated rings. The summed E-state index contributed by atoms with van der Waals surface area (Å²) in [5, 5.41) is 28.4. The van der Waals surface area contributed by atoms with Gasteiger partial charge in [0.15, 0.2) is 17.0 Å². The number of allylic oxidation sites excluding steroid dienone is 1. The van der Waals surface area contributed by atoms with Gasteiger partial charge in [-0.15, -0.1) is 0 Å². The highest BCUT2D eigenvalue weighted by Gasteiger charge is 2.26. The van der Waals surface area contributed by atoms with Gasteiger partial charge in [0, 0.05) is 18.6 Å². The maximum Gasteiger partial charge on any atom is 0.303 e. The molecule has 0 bridgehead atoms. The van der Waals surface area contributed by atoms with Gasteiger partial charge in [0.2, 0.25) is 5.95 Å². The molecule has 156 valence electrons. The quantitative estimate of drug-likeness (QED) is 0.419. The normalized spacial score (nSPS) is 20.3. The summed E-state index contributed by atoms with van der Waals surface area (Å²) in [6.07, 6.45) is 8.51. The highest BCUT2D eigenvalue weighted by atomic mass is 16.4. The Kier molecular flexibility index (Phi) is 6.27. The number of hydrogen-bond donors (Lipinski definition) is 5. The molecule has 1 unspecified atom stereocenters. The fraction of sp³-hybridized carbons (Fsp3) is 0.500. The number of nitrogens with two attached hydrogens (primary N) is 1. The average Bonchev–Trinajstić information content (AvgIpc) is 3.18. The van der Waals surface area contributed by atoms with Crippen LogP contribution in [0.3, 0.4) is 0 Å². The summed E-state index contributed by atoms with van der Waals surface area (Å²) >= 11 is 0. The number of carboxylic acids is 2. The van der Waals surface area contributed by atoms with Gasteiger partial charge in [-0.25, -0.2) is 4.98 Å². The lowest BCUT2D eigenvalue weighted by Crippen LogP contribution is -2.10. The second-order valence-electron chi connectivity index (χ2n) is 7.09. The van der Waals surface area contributed by atoms with Crippen molar-refractivity contribution in [3.8, 4) is 0 Å². The van der Waals surface area contributed by atoms with E-state index in [4.69, 9.17) is 15.9 Å². The van der Waals surface area contributed by atoms with Crippen LogP contribution in [-0.2, 0) is 9.59 Å². The summed E-state index contributed by atoms with van der Waals surface area (Å²) in [5.41, 5.74) is 7.35. The topological polar surface area (TPSA) is 176 Å². The van der Waals surface area contributed by atoms with E-state index >= 15 is 0 Å². The van der Waals surface area contributed by atoms with Gasteiger partial charge in [-0.3, -0.25) is 9.59 Å². The molecule has 0 saturated heterocycles. The SMILES string of the molecule is Nc1nc(NC2CC2)c2ncn(C3C=C[C@H](CO)C3)c2n1.O=C(O)CCC(=O)O. The van der Waals surface area contributed by atoms with E-state index in [1.807, 2.05) is 10.6 Å². The molecular weight excluding hydrogens is 380 g/mol. The number of aliphatic carboxylic acids is 2. The van der Waals surface area contributed by atoms with Crippen LogP contribution in [0.1, 0.15) is 38.1 Å². The van der Waals surface area contributed by atoms with Gasteiger partial charge >= 0.3 is 11.9 Å².